The molecule has 144 valence electrons. The fourth-order valence-electron chi connectivity index (χ4n) is 3.67. The summed E-state index contributed by atoms with van der Waals surface area (Å²) in [6.07, 6.45) is 6.67. The van der Waals surface area contributed by atoms with Crippen LogP contribution in [-0.2, 0) is 16.1 Å². The molecule has 3 heterocycles. The number of aromatic nitrogens is 3. The Balaban J connectivity index is 1.55. The summed E-state index contributed by atoms with van der Waals surface area (Å²) in [4.78, 5) is 33.9. The van der Waals surface area contributed by atoms with Gasteiger partial charge in [-0.25, -0.2) is 4.98 Å². The van der Waals surface area contributed by atoms with Gasteiger partial charge in [0.1, 0.15) is 6.54 Å². The van der Waals surface area contributed by atoms with Gasteiger partial charge in [0.25, 0.3) is 5.56 Å². The van der Waals surface area contributed by atoms with Gasteiger partial charge in [-0.05, 0) is 42.5 Å². The molecule has 0 saturated carbocycles. The molecule has 0 aliphatic carbocycles. The van der Waals surface area contributed by atoms with Crippen LogP contribution < -0.4 is 10.9 Å². The van der Waals surface area contributed by atoms with Crippen molar-refractivity contribution in [2.75, 3.05) is 13.2 Å². The number of carbonyl (C=O) groups is 1. The van der Waals surface area contributed by atoms with Crippen LogP contribution in [0.15, 0.2) is 59.9 Å². The number of hydrogen-bond donors (Lipinski definition) is 1. The van der Waals surface area contributed by atoms with Crippen LogP contribution in [0, 0.1) is 5.92 Å². The highest BCUT2D eigenvalue weighted by Crippen LogP contribution is 2.29. The van der Waals surface area contributed by atoms with Gasteiger partial charge in [0.05, 0.1) is 23.3 Å². The molecule has 1 aliphatic heterocycles. The Labute approximate surface area is 162 Å². The summed E-state index contributed by atoms with van der Waals surface area (Å²) in [5, 5.41) is 3.61. The molecule has 28 heavy (non-hydrogen) atoms. The van der Waals surface area contributed by atoms with E-state index in [0.717, 1.165) is 18.4 Å². The molecule has 7 heteroatoms. The van der Waals surface area contributed by atoms with Crippen molar-refractivity contribution < 1.29 is 9.53 Å². The number of benzene rings is 1. The zero-order valence-corrected chi connectivity index (χ0v) is 15.5. The van der Waals surface area contributed by atoms with Crippen molar-refractivity contribution >= 4 is 16.8 Å². The van der Waals surface area contributed by atoms with E-state index in [0.29, 0.717) is 24.1 Å². The molecule has 1 atom stereocenters. The topological polar surface area (TPSA) is 86.1 Å². The number of pyridine rings is 1. The molecule has 7 nitrogen and oxygen atoms in total. The summed E-state index contributed by atoms with van der Waals surface area (Å²) >= 11 is 0. The van der Waals surface area contributed by atoms with E-state index >= 15 is 0 Å². The van der Waals surface area contributed by atoms with E-state index in [9.17, 15) is 9.59 Å². The fourth-order valence-corrected chi connectivity index (χ4v) is 3.67. The maximum absolute atomic E-state index is 12.8. The molecule has 1 saturated heterocycles. The number of para-hydroxylation sites is 1. The first-order valence-electron chi connectivity index (χ1n) is 9.43. The highest BCUT2D eigenvalue weighted by atomic mass is 16.5. The lowest BCUT2D eigenvalue weighted by atomic mass is 9.87. The number of rotatable bonds is 5. The zero-order valence-electron chi connectivity index (χ0n) is 15.5. The summed E-state index contributed by atoms with van der Waals surface area (Å²) < 4.78 is 6.81. The van der Waals surface area contributed by atoms with Crippen molar-refractivity contribution in [2.45, 2.75) is 25.4 Å². The van der Waals surface area contributed by atoms with E-state index in [1.165, 1.54) is 10.9 Å². The number of hydrogen-bond acceptors (Lipinski definition) is 5. The summed E-state index contributed by atoms with van der Waals surface area (Å²) in [7, 11) is 0. The van der Waals surface area contributed by atoms with Crippen LogP contribution in [0.2, 0.25) is 0 Å². The van der Waals surface area contributed by atoms with Gasteiger partial charge in [0.2, 0.25) is 5.91 Å². The first-order chi connectivity index (χ1) is 13.7. The molecular formula is C21H22N4O3. The van der Waals surface area contributed by atoms with Crippen LogP contribution in [0.5, 0.6) is 0 Å². The van der Waals surface area contributed by atoms with Crippen molar-refractivity contribution in [2.24, 2.45) is 5.92 Å². The minimum Gasteiger partial charge on any atom is -0.381 e. The highest BCUT2D eigenvalue weighted by molar-refractivity contribution is 5.79. The molecule has 1 aromatic carbocycles. The number of nitrogens with one attached hydrogen (secondary N) is 1. The molecule has 1 aliphatic rings. The van der Waals surface area contributed by atoms with Crippen LogP contribution >= 0.6 is 0 Å². The van der Waals surface area contributed by atoms with Crippen molar-refractivity contribution in [1.82, 2.24) is 19.9 Å². The summed E-state index contributed by atoms with van der Waals surface area (Å²) in [6, 6.07) is 10.8. The summed E-state index contributed by atoms with van der Waals surface area (Å²) in [5.41, 5.74) is 1.37. The Morgan fingerprint density at radius 2 is 2.04 bits per heavy atom. The number of fused-ring (bicyclic) bond motifs is 1. The van der Waals surface area contributed by atoms with Crippen molar-refractivity contribution in [1.29, 1.82) is 0 Å². The lowest BCUT2D eigenvalue weighted by Gasteiger charge is -2.31. The van der Waals surface area contributed by atoms with E-state index in [2.05, 4.69) is 15.3 Å². The van der Waals surface area contributed by atoms with Gasteiger partial charge in [0, 0.05) is 25.6 Å². The molecule has 4 rings (SSSR count). The lowest BCUT2D eigenvalue weighted by molar-refractivity contribution is -0.123. The standard InChI is InChI=1S/C21H22N4O3/c26-19(13-25-14-23-18-6-2-1-5-17(18)21(25)27)24-20(15-7-10-28-11-8-15)16-4-3-9-22-12-16/h1-6,9,12,14-15,20H,7-8,10-11,13H2,(H,24,26)/t20-/m1/s1. The quantitative estimate of drug-likeness (QED) is 0.735. The predicted octanol–water partition coefficient (Wildman–Crippen LogP) is 2.08. The van der Waals surface area contributed by atoms with Gasteiger partial charge in [0.15, 0.2) is 0 Å². The molecule has 0 radical (unpaired) electrons. The van der Waals surface area contributed by atoms with Crippen molar-refractivity contribution in [3.8, 4) is 0 Å². The third-order valence-electron chi connectivity index (χ3n) is 5.14. The Kier molecular flexibility index (Phi) is 5.43. The second-order valence-electron chi connectivity index (χ2n) is 6.98. The minimum atomic E-state index is -0.223. The third kappa shape index (κ3) is 3.94. The third-order valence-corrected chi connectivity index (χ3v) is 5.14. The highest BCUT2D eigenvalue weighted by Gasteiger charge is 2.27. The monoisotopic (exact) mass is 378 g/mol. The summed E-state index contributed by atoms with van der Waals surface area (Å²) in [6.45, 7) is 1.30. The van der Waals surface area contributed by atoms with Crippen LogP contribution in [0.1, 0.15) is 24.4 Å². The Morgan fingerprint density at radius 3 is 2.82 bits per heavy atom. The largest absolute Gasteiger partial charge is 0.381 e. The molecule has 0 spiro atoms. The first-order valence-corrected chi connectivity index (χ1v) is 9.43. The van der Waals surface area contributed by atoms with Crippen molar-refractivity contribution in [3.63, 3.8) is 0 Å². The maximum atomic E-state index is 12.8. The number of amides is 1. The average Bonchev–Trinajstić information content (AvgIpc) is 2.75. The van der Waals surface area contributed by atoms with Crippen LogP contribution in [0.3, 0.4) is 0 Å². The smallest absolute Gasteiger partial charge is 0.261 e. The number of carbonyl (C=O) groups excluding carboxylic acids is 1. The Morgan fingerprint density at radius 1 is 1.21 bits per heavy atom. The molecule has 1 N–H and O–H groups in total. The first kappa shape index (κ1) is 18.3. The average molecular weight is 378 g/mol. The molecule has 2 aromatic heterocycles. The molecule has 1 fully saturated rings. The lowest BCUT2D eigenvalue weighted by Crippen LogP contribution is -2.39. The van der Waals surface area contributed by atoms with Gasteiger partial charge in [-0.15, -0.1) is 0 Å². The van der Waals surface area contributed by atoms with Gasteiger partial charge >= 0.3 is 0 Å². The van der Waals surface area contributed by atoms with E-state index in [-0.39, 0.29) is 30.0 Å². The second kappa shape index (κ2) is 8.31. The SMILES string of the molecule is O=C(Cn1cnc2ccccc2c1=O)N[C@@H](c1cccnc1)C1CCOCC1. The van der Waals surface area contributed by atoms with E-state index in [1.807, 2.05) is 18.2 Å². The predicted molar refractivity (Wildman–Crippen MR) is 105 cm³/mol. The van der Waals surface area contributed by atoms with Crippen molar-refractivity contribution in [3.05, 3.63) is 71.0 Å². The maximum Gasteiger partial charge on any atom is 0.261 e. The molecular weight excluding hydrogens is 356 g/mol. The van der Waals surface area contributed by atoms with Gasteiger partial charge < -0.3 is 10.1 Å². The fraction of sp³-hybridized carbons (Fsp3) is 0.333. The molecule has 0 bridgehead atoms. The van der Waals surface area contributed by atoms with Gasteiger partial charge in [-0.1, -0.05) is 18.2 Å². The summed E-state index contributed by atoms with van der Waals surface area (Å²) in [5.74, 6) is 0.0490. The van der Waals surface area contributed by atoms with E-state index < -0.39 is 0 Å². The van der Waals surface area contributed by atoms with Gasteiger partial charge in [-0.2, -0.15) is 0 Å². The Bertz CT molecular complexity index is 1010. The van der Waals surface area contributed by atoms with Crippen LogP contribution in [0.25, 0.3) is 10.9 Å². The Hall–Kier alpha value is -3.06. The van der Waals surface area contributed by atoms with Crippen LogP contribution in [0.4, 0.5) is 0 Å². The second-order valence-corrected chi connectivity index (χ2v) is 6.98. The minimum absolute atomic E-state index is 0.0728. The zero-order chi connectivity index (χ0) is 19.3. The molecule has 0 unspecified atom stereocenters. The van der Waals surface area contributed by atoms with E-state index in [1.54, 1.807) is 30.6 Å². The van der Waals surface area contributed by atoms with Gasteiger partial charge in [-0.3, -0.25) is 19.1 Å². The number of nitrogens with zero attached hydrogens (tertiary/aromatic N) is 3. The molecule has 1 amide bonds. The van der Waals surface area contributed by atoms with E-state index in [4.69, 9.17) is 4.74 Å². The number of ether oxygens (including phenoxy) is 1. The normalized spacial score (nSPS) is 16.0. The molecule has 3 aromatic rings. The van der Waals surface area contributed by atoms with Crippen LogP contribution in [-0.4, -0.2) is 33.7 Å².